The fourth-order valence-corrected chi connectivity index (χ4v) is 2.44. The Bertz CT molecular complexity index is 699. The number of hydrogen-bond donors (Lipinski definition) is 2. The number of hydrogen-bond acceptors (Lipinski definition) is 4. The first-order valence-electron chi connectivity index (χ1n) is 8.62. The molecule has 136 valence electrons. The van der Waals surface area contributed by atoms with Crippen molar-refractivity contribution in [3.05, 3.63) is 41.3 Å². The molecule has 0 spiro atoms. The summed E-state index contributed by atoms with van der Waals surface area (Å²) in [6.45, 7) is 7.02. The second-order valence-electron chi connectivity index (χ2n) is 6.03. The zero-order valence-corrected chi connectivity index (χ0v) is 15.4. The molecular formula is C18H27N5O2. The normalized spacial score (nSPS) is 11.8. The quantitative estimate of drug-likeness (QED) is 0.721. The second kappa shape index (κ2) is 9.05. The van der Waals surface area contributed by atoms with Crippen molar-refractivity contribution in [3.8, 4) is 5.88 Å². The standard InChI is InChI=1S/C18H27N5O2/c1-5-6-10-25-17-15(8-7-9-19-17)11-20-18(24)22-13(2)16-12-21-23(4)14(16)3/h7-9,12-13H,5-6,10-11H2,1-4H3,(H2,20,22,24). The van der Waals surface area contributed by atoms with Crippen LogP contribution in [0.3, 0.4) is 0 Å². The van der Waals surface area contributed by atoms with Crippen molar-refractivity contribution < 1.29 is 9.53 Å². The van der Waals surface area contributed by atoms with Crippen LogP contribution in [0.25, 0.3) is 0 Å². The average Bonchev–Trinajstić information content (AvgIpc) is 2.93. The fraction of sp³-hybridized carbons (Fsp3) is 0.500. The SMILES string of the molecule is CCCCOc1ncccc1CNC(=O)NC(C)c1cnn(C)c1C. The highest BCUT2D eigenvalue weighted by atomic mass is 16.5. The van der Waals surface area contributed by atoms with Crippen LogP contribution in [0.15, 0.2) is 24.5 Å². The van der Waals surface area contributed by atoms with Gasteiger partial charge in [0, 0.05) is 36.6 Å². The van der Waals surface area contributed by atoms with E-state index in [0.29, 0.717) is 19.0 Å². The van der Waals surface area contributed by atoms with E-state index in [0.717, 1.165) is 29.7 Å². The van der Waals surface area contributed by atoms with E-state index in [1.807, 2.05) is 33.0 Å². The molecule has 2 heterocycles. The van der Waals surface area contributed by atoms with Crippen molar-refractivity contribution in [3.63, 3.8) is 0 Å². The third kappa shape index (κ3) is 5.20. The number of aromatic nitrogens is 3. The molecule has 25 heavy (non-hydrogen) atoms. The number of nitrogens with one attached hydrogen (secondary N) is 2. The van der Waals surface area contributed by atoms with Gasteiger partial charge >= 0.3 is 6.03 Å². The van der Waals surface area contributed by atoms with Crippen molar-refractivity contribution >= 4 is 6.03 Å². The van der Waals surface area contributed by atoms with E-state index in [-0.39, 0.29) is 12.1 Å². The third-order valence-corrected chi connectivity index (χ3v) is 4.11. The fourth-order valence-electron chi connectivity index (χ4n) is 2.44. The van der Waals surface area contributed by atoms with Crippen LogP contribution < -0.4 is 15.4 Å². The number of urea groups is 1. The molecule has 2 aromatic rings. The van der Waals surface area contributed by atoms with Gasteiger partial charge in [0.15, 0.2) is 0 Å². The third-order valence-electron chi connectivity index (χ3n) is 4.11. The van der Waals surface area contributed by atoms with Crippen molar-refractivity contribution in [1.82, 2.24) is 25.4 Å². The van der Waals surface area contributed by atoms with Crippen molar-refractivity contribution in [2.45, 2.75) is 46.2 Å². The molecule has 0 aromatic carbocycles. The van der Waals surface area contributed by atoms with E-state index < -0.39 is 0 Å². The zero-order chi connectivity index (χ0) is 18.2. The molecule has 0 bridgehead atoms. The molecule has 0 saturated carbocycles. The lowest BCUT2D eigenvalue weighted by molar-refractivity contribution is 0.237. The Hall–Kier alpha value is -2.57. The van der Waals surface area contributed by atoms with Crippen LogP contribution in [0.2, 0.25) is 0 Å². The molecule has 0 fully saturated rings. The Labute approximate surface area is 148 Å². The van der Waals surface area contributed by atoms with Crippen LogP contribution in [0.5, 0.6) is 5.88 Å². The predicted octanol–water partition coefficient (Wildman–Crippen LogP) is 2.86. The van der Waals surface area contributed by atoms with Gasteiger partial charge in [0.1, 0.15) is 0 Å². The summed E-state index contributed by atoms with van der Waals surface area (Å²) in [7, 11) is 1.88. The molecule has 2 aromatic heterocycles. The first-order valence-corrected chi connectivity index (χ1v) is 8.62. The summed E-state index contributed by atoms with van der Waals surface area (Å²) < 4.78 is 7.48. The minimum Gasteiger partial charge on any atom is -0.477 e. The maximum Gasteiger partial charge on any atom is 0.315 e. The number of ether oxygens (including phenoxy) is 1. The molecule has 7 heteroatoms. The van der Waals surface area contributed by atoms with Gasteiger partial charge in [-0.2, -0.15) is 5.10 Å². The highest BCUT2D eigenvalue weighted by molar-refractivity contribution is 5.74. The number of carbonyl (C=O) groups excluding carboxylic acids is 1. The van der Waals surface area contributed by atoms with E-state index >= 15 is 0 Å². The Balaban J connectivity index is 1.88. The summed E-state index contributed by atoms with van der Waals surface area (Å²) >= 11 is 0. The predicted molar refractivity (Wildman–Crippen MR) is 96.4 cm³/mol. The first-order chi connectivity index (χ1) is 12.0. The molecule has 2 N–H and O–H groups in total. The van der Waals surface area contributed by atoms with Crippen LogP contribution in [0.1, 0.15) is 49.6 Å². The lowest BCUT2D eigenvalue weighted by atomic mass is 10.1. The van der Waals surface area contributed by atoms with E-state index in [9.17, 15) is 4.79 Å². The molecule has 7 nitrogen and oxygen atoms in total. The Kier molecular flexibility index (Phi) is 6.80. The Morgan fingerprint density at radius 1 is 1.44 bits per heavy atom. The number of carbonyl (C=O) groups is 1. The van der Waals surface area contributed by atoms with E-state index in [4.69, 9.17) is 4.74 Å². The summed E-state index contributed by atoms with van der Waals surface area (Å²) in [5.41, 5.74) is 2.90. The largest absolute Gasteiger partial charge is 0.477 e. The van der Waals surface area contributed by atoms with Gasteiger partial charge in [0.05, 0.1) is 18.8 Å². The first kappa shape index (κ1) is 18.8. The summed E-state index contributed by atoms with van der Waals surface area (Å²) in [6.07, 6.45) is 5.51. The van der Waals surface area contributed by atoms with Gasteiger partial charge < -0.3 is 15.4 Å². The molecular weight excluding hydrogens is 318 g/mol. The number of unbranched alkanes of at least 4 members (excludes halogenated alkanes) is 1. The van der Waals surface area contributed by atoms with Gasteiger partial charge in [-0.25, -0.2) is 9.78 Å². The van der Waals surface area contributed by atoms with Crippen molar-refractivity contribution in [2.24, 2.45) is 7.05 Å². The van der Waals surface area contributed by atoms with Crippen LogP contribution in [-0.4, -0.2) is 27.4 Å². The number of aryl methyl sites for hydroxylation is 1. The highest BCUT2D eigenvalue weighted by Gasteiger charge is 2.15. The van der Waals surface area contributed by atoms with Gasteiger partial charge in [0.25, 0.3) is 0 Å². The number of rotatable bonds is 8. The molecule has 2 amide bonds. The van der Waals surface area contributed by atoms with E-state index in [1.165, 1.54) is 0 Å². The highest BCUT2D eigenvalue weighted by Crippen LogP contribution is 2.16. The van der Waals surface area contributed by atoms with Crippen LogP contribution in [-0.2, 0) is 13.6 Å². The topological polar surface area (TPSA) is 81.1 Å². The van der Waals surface area contributed by atoms with Gasteiger partial charge in [-0.15, -0.1) is 0 Å². The number of amides is 2. The Morgan fingerprint density at radius 2 is 2.24 bits per heavy atom. The molecule has 1 unspecified atom stereocenters. The molecule has 0 aliphatic carbocycles. The zero-order valence-electron chi connectivity index (χ0n) is 15.4. The van der Waals surface area contributed by atoms with Gasteiger partial charge in [-0.1, -0.05) is 19.4 Å². The van der Waals surface area contributed by atoms with Crippen LogP contribution >= 0.6 is 0 Å². The van der Waals surface area contributed by atoms with Crippen LogP contribution in [0, 0.1) is 6.92 Å². The van der Waals surface area contributed by atoms with E-state index in [1.54, 1.807) is 17.1 Å². The maximum absolute atomic E-state index is 12.2. The summed E-state index contributed by atoms with van der Waals surface area (Å²) in [5, 5.41) is 9.99. The average molecular weight is 345 g/mol. The summed E-state index contributed by atoms with van der Waals surface area (Å²) in [5.74, 6) is 0.576. The monoisotopic (exact) mass is 345 g/mol. The van der Waals surface area contributed by atoms with Gasteiger partial charge in [-0.05, 0) is 26.3 Å². The minimum atomic E-state index is -0.237. The second-order valence-corrected chi connectivity index (χ2v) is 6.03. The van der Waals surface area contributed by atoms with Crippen molar-refractivity contribution in [2.75, 3.05) is 6.61 Å². The summed E-state index contributed by atoms with van der Waals surface area (Å²) in [6, 6.07) is 3.38. The number of pyridine rings is 1. The molecule has 0 aliphatic rings. The van der Waals surface area contributed by atoms with E-state index in [2.05, 4.69) is 27.6 Å². The molecule has 1 atom stereocenters. The lowest BCUT2D eigenvalue weighted by Crippen LogP contribution is -2.36. The molecule has 0 radical (unpaired) electrons. The van der Waals surface area contributed by atoms with Crippen molar-refractivity contribution in [1.29, 1.82) is 0 Å². The molecule has 0 saturated heterocycles. The van der Waals surface area contributed by atoms with Crippen LogP contribution in [0.4, 0.5) is 4.79 Å². The maximum atomic E-state index is 12.2. The Morgan fingerprint density at radius 3 is 2.92 bits per heavy atom. The number of nitrogens with zero attached hydrogens (tertiary/aromatic N) is 3. The molecule has 0 aliphatic heterocycles. The minimum absolute atomic E-state index is 0.122. The van der Waals surface area contributed by atoms with Gasteiger partial charge in [-0.3, -0.25) is 4.68 Å². The smallest absolute Gasteiger partial charge is 0.315 e. The molecule has 2 rings (SSSR count). The summed E-state index contributed by atoms with van der Waals surface area (Å²) in [4.78, 5) is 16.4. The lowest BCUT2D eigenvalue weighted by Gasteiger charge is -2.15. The van der Waals surface area contributed by atoms with Gasteiger partial charge in [0.2, 0.25) is 5.88 Å².